The van der Waals surface area contributed by atoms with Crippen LogP contribution >= 0.6 is 0 Å². The molecule has 86 valence electrons. The summed E-state index contributed by atoms with van der Waals surface area (Å²) in [6, 6.07) is 8.30. The maximum Gasteiger partial charge on any atom is 0.459 e. The molecule has 0 saturated carbocycles. The highest BCUT2D eigenvalue weighted by Crippen LogP contribution is 2.02. The third-order valence-electron chi connectivity index (χ3n) is 1.60. The lowest BCUT2D eigenvalue weighted by molar-refractivity contribution is -0.135. The number of hydrogen-bond acceptors (Lipinski definition) is 5. The molecule has 0 radical (unpaired) electrons. The summed E-state index contributed by atoms with van der Waals surface area (Å²) in [7, 11) is -4.97. The molecule has 0 spiro atoms. The summed E-state index contributed by atoms with van der Waals surface area (Å²) < 4.78 is 32.6. The minimum atomic E-state index is -4.97. The number of ether oxygens (including phenoxy) is 1. The number of esters is 1. The van der Waals surface area contributed by atoms with Gasteiger partial charge in [0.2, 0.25) is 0 Å². The van der Waals surface area contributed by atoms with E-state index in [9.17, 15) is 18.0 Å². The lowest BCUT2D eigenvalue weighted by Crippen LogP contribution is -2.20. The van der Waals surface area contributed by atoms with Crippen molar-refractivity contribution in [1.29, 1.82) is 0 Å². The molecule has 0 aromatic heterocycles. The third-order valence-corrected chi connectivity index (χ3v) is 2.10. The van der Waals surface area contributed by atoms with Crippen LogP contribution in [0.1, 0.15) is 5.56 Å². The molecule has 1 aromatic carbocycles. The maximum absolute atomic E-state index is 11.1. The summed E-state index contributed by atoms with van der Waals surface area (Å²) in [5.41, 5.74) is 0.565. The van der Waals surface area contributed by atoms with Crippen molar-refractivity contribution < 1.29 is 27.3 Å². The Kier molecular flexibility index (Phi) is 3.75. The summed E-state index contributed by atoms with van der Waals surface area (Å²) in [5, 5.41) is -1.96. The molecule has 1 aromatic rings. The second-order valence-corrected chi connectivity index (χ2v) is 4.14. The van der Waals surface area contributed by atoms with Crippen molar-refractivity contribution in [3.63, 3.8) is 0 Å². The molecule has 0 aliphatic carbocycles. The van der Waals surface area contributed by atoms with Gasteiger partial charge in [-0.1, -0.05) is 30.3 Å². The van der Waals surface area contributed by atoms with E-state index < -0.39 is 21.4 Å². The molecule has 16 heavy (non-hydrogen) atoms. The van der Waals surface area contributed by atoms with E-state index in [2.05, 4.69) is 4.74 Å². The SMILES string of the molecule is O=C(Cc1ccccc1)OC(=O)S(=O)(=O)O. The Labute approximate surface area is 91.6 Å². The first-order chi connectivity index (χ1) is 7.39. The Morgan fingerprint density at radius 1 is 1.19 bits per heavy atom. The topological polar surface area (TPSA) is 97.7 Å². The van der Waals surface area contributed by atoms with E-state index in [1.54, 1.807) is 30.3 Å². The van der Waals surface area contributed by atoms with Gasteiger partial charge < -0.3 is 4.74 Å². The van der Waals surface area contributed by atoms with Crippen molar-refractivity contribution in [2.24, 2.45) is 0 Å². The van der Waals surface area contributed by atoms with Gasteiger partial charge in [0.15, 0.2) is 0 Å². The first-order valence-electron chi connectivity index (χ1n) is 4.15. The molecule has 0 unspecified atom stereocenters. The van der Waals surface area contributed by atoms with Gasteiger partial charge in [0.1, 0.15) is 0 Å². The molecule has 0 aliphatic rings. The summed E-state index contributed by atoms with van der Waals surface area (Å²) in [5.74, 6) is -1.05. The van der Waals surface area contributed by atoms with Gasteiger partial charge in [0.05, 0.1) is 6.42 Å². The monoisotopic (exact) mass is 244 g/mol. The van der Waals surface area contributed by atoms with Crippen molar-refractivity contribution in [3.05, 3.63) is 35.9 Å². The Morgan fingerprint density at radius 2 is 1.75 bits per heavy atom. The molecule has 6 nitrogen and oxygen atoms in total. The normalized spacial score (nSPS) is 10.8. The lowest BCUT2D eigenvalue weighted by atomic mass is 10.2. The van der Waals surface area contributed by atoms with Crippen LogP contribution in [0.2, 0.25) is 0 Å². The van der Waals surface area contributed by atoms with Gasteiger partial charge >= 0.3 is 21.4 Å². The number of benzene rings is 1. The molecule has 0 saturated heterocycles. The maximum atomic E-state index is 11.1. The van der Waals surface area contributed by atoms with Gasteiger partial charge in [-0.2, -0.15) is 8.42 Å². The fourth-order valence-electron chi connectivity index (χ4n) is 0.944. The van der Waals surface area contributed by atoms with Crippen LogP contribution in [0.25, 0.3) is 0 Å². The van der Waals surface area contributed by atoms with Crippen molar-refractivity contribution in [3.8, 4) is 0 Å². The smallest absolute Gasteiger partial charge is 0.379 e. The van der Waals surface area contributed by atoms with Crippen LogP contribution in [0, 0.1) is 0 Å². The lowest BCUT2D eigenvalue weighted by Gasteiger charge is -2.00. The summed E-state index contributed by atoms with van der Waals surface area (Å²) in [6.07, 6.45) is -0.248. The fraction of sp³-hybridized carbons (Fsp3) is 0.111. The molecule has 7 heteroatoms. The van der Waals surface area contributed by atoms with Crippen LogP contribution in [0.15, 0.2) is 30.3 Å². The standard InChI is InChI=1S/C9H8O6S/c10-8(15-9(11)16(12,13)14)6-7-4-2-1-3-5-7/h1-5H,6H2,(H,12,13,14). The van der Waals surface area contributed by atoms with Crippen LogP contribution in [0.4, 0.5) is 4.79 Å². The van der Waals surface area contributed by atoms with Crippen LogP contribution < -0.4 is 0 Å². The Balaban J connectivity index is 2.59. The number of hydrogen-bond donors (Lipinski definition) is 1. The van der Waals surface area contributed by atoms with Crippen LogP contribution in [0.5, 0.6) is 0 Å². The first kappa shape index (κ1) is 12.3. The molecule has 0 atom stereocenters. The first-order valence-corrected chi connectivity index (χ1v) is 5.59. The molecule has 0 bridgehead atoms. The Bertz CT molecular complexity index is 490. The second-order valence-electron chi connectivity index (χ2n) is 2.86. The zero-order valence-corrected chi connectivity index (χ0v) is 8.81. The van der Waals surface area contributed by atoms with Crippen LogP contribution in [-0.4, -0.2) is 24.2 Å². The van der Waals surface area contributed by atoms with E-state index in [1.165, 1.54) is 0 Å². The third kappa shape index (κ3) is 3.79. The van der Waals surface area contributed by atoms with Crippen LogP contribution in [-0.2, 0) is 26.1 Å². The average molecular weight is 244 g/mol. The zero-order chi connectivity index (χ0) is 12.2. The number of carbonyl (C=O) groups excluding carboxylic acids is 2. The summed E-state index contributed by atoms with van der Waals surface area (Å²) >= 11 is 0. The van der Waals surface area contributed by atoms with E-state index in [0.717, 1.165) is 0 Å². The molecular formula is C9H8O6S. The summed E-state index contributed by atoms with van der Waals surface area (Å²) in [4.78, 5) is 21.6. The van der Waals surface area contributed by atoms with Crippen molar-refractivity contribution in [1.82, 2.24) is 0 Å². The van der Waals surface area contributed by atoms with Gasteiger partial charge in [-0.25, -0.2) is 4.79 Å². The molecule has 0 aliphatic heterocycles. The number of rotatable bonds is 2. The molecule has 1 N–H and O–H groups in total. The fourth-order valence-corrected chi connectivity index (χ4v) is 1.14. The van der Waals surface area contributed by atoms with Crippen LogP contribution in [0.3, 0.4) is 0 Å². The van der Waals surface area contributed by atoms with E-state index >= 15 is 0 Å². The van der Waals surface area contributed by atoms with Crippen molar-refractivity contribution >= 4 is 21.4 Å². The Hall–Kier alpha value is -1.73. The quantitative estimate of drug-likeness (QED) is 0.469. The van der Waals surface area contributed by atoms with Gasteiger partial charge in [0, 0.05) is 0 Å². The van der Waals surface area contributed by atoms with Gasteiger partial charge in [-0.15, -0.1) is 0 Å². The molecule has 0 amide bonds. The number of carbonyl (C=O) groups is 2. The highest BCUT2D eigenvalue weighted by atomic mass is 32.2. The van der Waals surface area contributed by atoms with Crippen molar-refractivity contribution in [2.75, 3.05) is 0 Å². The second kappa shape index (κ2) is 4.86. The van der Waals surface area contributed by atoms with Gasteiger partial charge in [-0.05, 0) is 5.56 Å². The minimum Gasteiger partial charge on any atom is -0.379 e. The molecule has 1 rings (SSSR count). The van der Waals surface area contributed by atoms with E-state index in [0.29, 0.717) is 5.56 Å². The largest absolute Gasteiger partial charge is 0.459 e. The average Bonchev–Trinajstić information content (AvgIpc) is 2.17. The predicted octanol–water partition coefficient (Wildman–Crippen LogP) is 0.780. The van der Waals surface area contributed by atoms with E-state index in [4.69, 9.17) is 4.55 Å². The van der Waals surface area contributed by atoms with E-state index in [-0.39, 0.29) is 6.42 Å². The molecular weight excluding hydrogens is 236 g/mol. The van der Waals surface area contributed by atoms with Crippen molar-refractivity contribution in [2.45, 2.75) is 6.42 Å². The van der Waals surface area contributed by atoms with Gasteiger partial charge in [0.25, 0.3) is 0 Å². The molecule has 0 fully saturated rings. The zero-order valence-electron chi connectivity index (χ0n) is 7.99. The minimum absolute atomic E-state index is 0.248. The van der Waals surface area contributed by atoms with E-state index in [1.807, 2.05) is 0 Å². The summed E-state index contributed by atoms with van der Waals surface area (Å²) in [6.45, 7) is 0. The Morgan fingerprint density at radius 3 is 2.25 bits per heavy atom. The highest BCUT2D eigenvalue weighted by molar-refractivity contribution is 8.00. The molecule has 0 heterocycles. The predicted molar refractivity (Wildman–Crippen MR) is 53.2 cm³/mol. The highest BCUT2D eigenvalue weighted by Gasteiger charge is 2.23. The van der Waals surface area contributed by atoms with Gasteiger partial charge in [-0.3, -0.25) is 9.35 Å².